The molecule has 6 nitrogen and oxygen atoms in total. The van der Waals surface area contributed by atoms with E-state index in [0.717, 1.165) is 44.9 Å². The van der Waals surface area contributed by atoms with Crippen molar-refractivity contribution in [3.63, 3.8) is 0 Å². The van der Waals surface area contributed by atoms with Gasteiger partial charge in [0, 0.05) is 32.8 Å². The fourth-order valence-electron chi connectivity index (χ4n) is 2.78. The van der Waals surface area contributed by atoms with Crippen LogP contribution in [0.2, 0.25) is 0 Å². The van der Waals surface area contributed by atoms with Gasteiger partial charge in [-0.05, 0) is 44.4 Å². The third kappa shape index (κ3) is 7.24. The van der Waals surface area contributed by atoms with Crippen molar-refractivity contribution in [1.29, 1.82) is 0 Å². The number of ether oxygens (including phenoxy) is 1. The van der Waals surface area contributed by atoms with E-state index in [1.165, 1.54) is 19.3 Å². The van der Waals surface area contributed by atoms with Crippen molar-refractivity contribution >= 4 is 35.8 Å². The smallest absolute Gasteiger partial charge is 0.242 e. The standard InChI is InChI=1S/C16H30N4O2.HI/c1-3-17-15(18-11-14(21)20-13-5-6-13)19-12-16(7-4-8-16)9-10-22-2;/h13H,3-12H2,1-2H3,(H,20,21)(H2,17,18,19);1H. The van der Waals surface area contributed by atoms with Gasteiger partial charge in [0.05, 0.1) is 0 Å². The van der Waals surface area contributed by atoms with Gasteiger partial charge in [-0.1, -0.05) is 6.42 Å². The SMILES string of the molecule is CCNC(=NCC(=O)NC1CC1)NCC1(CCOC)CCC1.I. The third-order valence-corrected chi connectivity index (χ3v) is 4.55. The molecule has 0 unspecified atom stereocenters. The van der Waals surface area contributed by atoms with Crippen LogP contribution in [-0.4, -0.2) is 51.3 Å². The minimum atomic E-state index is 0. The van der Waals surface area contributed by atoms with E-state index in [1.807, 2.05) is 6.92 Å². The van der Waals surface area contributed by atoms with E-state index in [0.29, 0.717) is 11.5 Å². The second-order valence-corrected chi connectivity index (χ2v) is 6.49. The van der Waals surface area contributed by atoms with E-state index < -0.39 is 0 Å². The highest BCUT2D eigenvalue weighted by molar-refractivity contribution is 14.0. The minimum absolute atomic E-state index is 0. The Bertz CT molecular complexity index is 396. The van der Waals surface area contributed by atoms with E-state index in [-0.39, 0.29) is 36.4 Å². The van der Waals surface area contributed by atoms with Gasteiger partial charge in [-0.15, -0.1) is 24.0 Å². The van der Waals surface area contributed by atoms with Crippen molar-refractivity contribution in [1.82, 2.24) is 16.0 Å². The molecular weight excluding hydrogens is 407 g/mol. The van der Waals surface area contributed by atoms with Gasteiger partial charge in [0.15, 0.2) is 5.96 Å². The first kappa shape index (κ1) is 20.5. The number of hydrogen-bond acceptors (Lipinski definition) is 3. The Labute approximate surface area is 156 Å². The van der Waals surface area contributed by atoms with Crippen molar-refractivity contribution in [3.8, 4) is 0 Å². The topological polar surface area (TPSA) is 74.8 Å². The quantitative estimate of drug-likeness (QED) is 0.291. The number of methoxy groups -OCH3 is 1. The Morgan fingerprint density at radius 3 is 2.57 bits per heavy atom. The van der Waals surface area contributed by atoms with Gasteiger partial charge in [-0.3, -0.25) is 4.79 Å². The largest absolute Gasteiger partial charge is 0.385 e. The number of rotatable bonds is 9. The normalized spacial score (nSPS) is 19.3. The van der Waals surface area contributed by atoms with E-state index in [2.05, 4.69) is 20.9 Å². The molecule has 1 amide bonds. The summed E-state index contributed by atoms with van der Waals surface area (Å²) >= 11 is 0. The Hall–Kier alpha value is -0.570. The molecule has 0 radical (unpaired) electrons. The highest BCUT2D eigenvalue weighted by atomic mass is 127. The van der Waals surface area contributed by atoms with Crippen LogP contribution in [0, 0.1) is 5.41 Å². The van der Waals surface area contributed by atoms with Crippen LogP contribution in [0.4, 0.5) is 0 Å². The Balaban J connectivity index is 0.00000264. The molecule has 2 aliphatic carbocycles. The summed E-state index contributed by atoms with van der Waals surface area (Å²) in [6.07, 6.45) is 7.07. The first-order valence-electron chi connectivity index (χ1n) is 8.48. The van der Waals surface area contributed by atoms with Crippen molar-refractivity contribution in [2.75, 3.05) is 33.4 Å². The first-order chi connectivity index (χ1) is 10.7. The first-order valence-corrected chi connectivity index (χ1v) is 8.48. The van der Waals surface area contributed by atoms with Gasteiger partial charge in [0.25, 0.3) is 0 Å². The molecule has 2 fully saturated rings. The number of hydrogen-bond donors (Lipinski definition) is 3. The maximum Gasteiger partial charge on any atom is 0.242 e. The van der Waals surface area contributed by atoms with Gasteiger partial charge in [-0.25, -0.2) is 4.99 Å². The number of amides is 1. The lowest BCUT2D eigenvalue weighted by atomic mass is 9.67. The van der Waals surface area contributed by atoms with Crippen LogP contribution in [0.25, 0.3) is 0 Å². The molecule has 0 heterocycles. The monoisotopic (exact) mass is 438 g/mol. The van der Waals surface area contributed by atoms with Crippen LogP contribution < -0.4 is 16.0 Å². The number of nitrogens with zero attached hydrogens (tertiary/aromatic N) is 1. The summed E-state index contributed by atoms with van der Waals surface area (Å²) in [5.41, 5.74) is 0.336. The van der Waals surface area contributed by atoms with Crippen molar-refractivity contribution in [3.05, 3.63) is 0 Å². The molecule has 0 aromatic rings. The Kier molecular flexibility index (Phi) is 9.19. The number of carbonyl (C=O) groups is 1. The highest BCUT2D eigenvalue weighted by Crippen LogP contribution is 2.43. The Morgan fingerprint density at radius 2 is 2.04 bits per heavy atom. The zero-order chi connectivity index (χ0) is 15.8. The Morgan fingerprint density at radius 1 is 1.30 bits per heavy atom. The molecule has 0 atom stereocenters. The van der Waals surface area contributed by atoms with Crippen LogP contribution in [0.3, 0.4) is 0 Å². The lowest BCUT2D eigenvalue weighted by Gasteiger charge is -2.42. The lowest BCUT2D eigenvalue weighted by Crippen LogP contribution is -2.47. The zero-order valence-corrected chi connectivity index (χ0v) is 16.7. The van der Waals surface area contributed by atoms with Crippen LogP contribution in [0.5, 0.6) is 0 Å². The number of carbonyl (C=O) groups excluding carboxylic acids is 1. The molecule has 0 bridgehead atoms. The highest BCUT2D eigenvalue weighted by Gasteiger charge is 2.36. The summed E-state index contributed by atoms with van der Waals surface area (Å²) < 4.78 is 5.22. The molecule has 2 rings (SSSR count). The van der Waals surface area contributed by atoms with E-state index >= 15 is 0 Å². The molecule has 3 N–H and O–H groups in total. The number of guanidine groups is 1. The predicted octanol–water partition coefficient (Wildman–Crippen LogP) is 1.64. The van der Waals surface area contributed by atoms with Crippen LogP contribution in [0.15, 0.2) is 4.99 Å². The lowest BCUT2D eigenvalue weighted by molar-refractivity contribution is -0.119. The van der Waals surface area contributed by atoms with Gasteiger partial charge in [0.1, 0.15) is 6.54 Å². The summed E-state index contributed by atoms with van der Waals surface area (Å²) in [6, 6.07) is 0.394. The summed E-state index contributed by atoms with van der Waals surface area (Å²) in [5, 5.41) is 9.57. The zero-order valence-electron chi connectivity index (χ0n) is 14.3. The fourth-order valence-corrected chi connectivity index (χ4v) is 2.78. The van der Waals surface area contributed by atoms with Crippen LogP contribution in [0.1, 0.15) is 45.4 Å². The maximum atomic E-state index is 11.7. The summed E-state index contributed by atoms with van der Waals surface area (Å²) in [7, 11) is 1.75. The van der Waals surface area contributed by atoms with Gasteiger partial charge in [-0.2, -0.15) is 0 Å². The van der Waals surface area contributed by atoms with E-state index in [4.69, 9.17) is 4.74 Å². The average Bonchev–Trinajstić information content (AvgIpc) is 3.27. The van der Waals surface area contributed by atoms with E-state index in [1.54, 1.807) is 7.11 Å². The van der Waals surface area contributed by atoms with Gasteiger partial charge < -0.3 is 20.7 Å². The third-order valence-electron chi connectivity index (χ3n) is 4.55. The molecule has 7 heteroatoms. The molecule has 2 saturated carbocycles. The molecule has 134 valence electrons. The molecule has 0 spiro atoms. The van der Waals surface area contributed by atoms with E-state index in [9.17, 15) is 4.79 Å². The second kappa shape index (κ2) is 10.3. The molecule has 0 aliphatic heterocycles. The summed E-state index contributed by atoms with van der Waals surface area (Å²) in [6.45, 7) is 4.72. The van der Waals surface area contributed by atoms with Crippen molar-refractivity contribution in [2.24, 2.45) is 10.4 Å². The summed E-state index contributed by atoms with van der Waals surface area (Å²) in [4.78, 5) is 16.1. The summed E-state index contributed by atoms with van der Waals surface area (Å²) in [5.74, 6) is 0.745. The minimum Gasteiger partial charge on any atom is -0.385 e. The fraction of sp³-hybridized carbons (Fsp3) is 0.875. The van der Waals surface area contributed by atoms with Crippen LogP contribution in [-0.2, 0) is 9.53 Å². The number of aliphatic imine (C=N–C) groups is 1. The van der Waals surface area contributed by atoms with Crippen molar-refractivity contribution in [2.45, 2.75) is 51.5 Å². The molecule has 23 heavy (non-hydrogen) atoms. The molecule has 0 aromatic carbocycles. The number of halogens is 1. The maximum absolute atomic E-state index is 11.7. The van der Waals surface area contributed by atoms with Crippen LogP contribution >= 0.6 is 24.0 Å². The molecular formula is C16H31IN4O2. The molecule has 0 saturated heterocycles. The average molecular weight is 438 g/mol. The predicted molar refractivity (Wildman–Crippen MR) is 103 cm³/mol. The molecule has 0 aromatic heterocycles. The molecule has 2 aliphatic rings. The number of nitrogens with one attached hydrogen (secondary N) is 3. The second-order valence-electron chi connectivity index (χ2n) is 6.49. The van der Waals surface area contributed by atoms with Gasteiger partial charge >= 0.3 is 0 Å². The van der Waals surface area contributed by atoms with Crippen molar-refractivity contribution < 1.29 is 9.53 Å². The van der Waals surface area contributed by atoms with Gasteiger partial charge in [0.2, 0.25) is 5.91 Å².